The lowest BCUT2D eigenvalue weighted by Gasteiger charge is -2.28. The molecule has 1 aromatic carbocycles. The SMILES string of the molecule is Cl.Cl.OC(COCc1ccccc1)CN1CCNCC1. The van der Waals surface area contributed by atoms with Crippen molar-refractivity contribution in [1.29, 1.82) is 0 Å². The number of rotatable bonds is 6. The number of benzene rings is 1. The highest BCUT2D eigenvalue weighted by atomic mass is 35.5. The van der Waals surface area contributed by atoms with E-state index in [-0.39, 0.29) is 24.8 Å². The summed E-state index contributed by atoms with van der Waals surface area (Å²) in [6, 6.07) is 10.0. The molecule has 6 heteroatoms. The standard InChI is InChI=1S/C14H22N2O2.2ClH/c17-14(10-16-8-6-15-7-9-16)12-18-11-13-4-2-1-3-5-13;;/h1-5,14-15,17H,6-12H2;2*1H. The van der Waals surface area contributed by atoms with E-state index in [1.165, 1.54) is 0 Å². The molecule has 1 fully saturated rings. The third-order valence-corrected chi connectivity index (χ3v) is 3.10. The van der Waals surface area contributed by atoms with Gasteiger partial charge in [0.1, 0.15) is 0 Å². The summed E-state index contributed by atoms with van der Waals surface area (Å²) in [5, 5.41) is 13.2. The first kappa shape index (κ1) is 19.6. The van der Waals surface area contributed by atoms with Crippen LogP contribution in [0.15, 0.2) is 30.3 Å². The summed E-state index contributed by atoms with van der Waals surface area (Å²) in [5.74, 6) is 0. The van der Waals surface area contributed by atoms with Gasteiger partial charge in [0.15, 0.2) is 0 Å². The fourth-order valence-corrected chi connectivity index (χ4v) is 2.13. The van der Waals surface area contributed by atoms with Crippen molar-refractivity contribution < 1.29 is 9.84 Å². The molecule has 0 bridgehead atoms. The van der Waals surface area contributed by atoms with Gasteiger partial charge in [-0.1, -0.05) is 30.3 Å². The van der Waals surface area contributed by atoms with Gasteiger partial charge in [-0.2, -0.15) is 0 Å². The Hall–Kier alpha value is -0.360. The molecule has 1 unspecified atom stereocenters. The van der Waals surface area contributed by atoms with E-state index in [9.17, 15) is 5.11 Å². The number of nitrogens with one attached hydrogen (secondary N) is 1. The molecule has 1 aromatic rings. The summed E-state index contributed by atoms with van der Waals surface area (Å²) in [6.07, 6.45) is -0.396. The quantitative estimate of drug-likeness (QED) is 0.829. The zero-order valence-corrected chi connectivity index (χ0v) is 13.2. The first-order valence-corrected chi connectivity index (χ1v) is 6.57. The van der Waals surface area contributed by atoms with Crippen LogP contribution in [0, 0.1) is 0 Å². The summed E-state index contributed by atoms with van der Waals surface area (Å²) >= 11 is 0. The van der Waals surface area contributed by atoms with E-state index in [1.54, 1.807) is 0 Å². The van der Waals surface area contributed by atoms with E-state index in [2.05, 4.69) is 10.2 Å². The van der Waals surface area contributed by atoms with E-state index in [0.717, 1.165) is 31.7 Å². The van der Waals surface area contributed by atoms with Gasteiger partial charge in [-0.05, 0) is 5.56 Å². The number of hydrogen-bond donors (Lipinski definition) is 2. The minimum atomic E-state index is -0.396. The largest absolute Gasteiger partial charge is 0.389 e. The smallest absolute Gasteiger partial charge is 0.0900 e. The number of aliphatic hydroxyl groups is 1. The maximum absolute atomic E-state index is 9.89. The summed E-state index contributed by atoms with van der Waals surface area (Å²) in [4.78, 5) is 2.27. The van der Waals surface area contributed by atoms with Crippen molar-refractivity contribution in [2.24, 2.45) is 0 Å². The average Bonchev–Trinajstić information content (AvgIpc) is 2.41. The molecule has 0 aliphatic carbocycles. The number of nitrogens with zero attached hydrogens (tertiary/aromatic N) is 1. The maximum atomic E-state index is 9.89. The first-order chi connectivity index (χ1) is 8.84. The average molecular weight is 323 g/mol. The van der Waals surface area contributed by atoms with Gasteiger partial charge in [0.05, 0.1) is 19.3 Å². The van der Waals surface area contributed by atoms with E-state index in [0.29, 0.717) is 19.8 Å². The van der Waals surface area contributed by atoms with Crippen LogP contribution in [0.2, 0.25) is 0 Å². The number of piperazine rings is 1. The normalized spacial score (nSPS) is 16.9. The first-order valence-electron chi connectivity index (χ1n) is 6.57. The van der Waals surface area contributed by atoms with Crippen LogP contribution in [0.4, 0.5) is 0 Å². The Morgan fingerprint density at radius 1 is 1.15 bits per heavy atom. The number of ether oxygens (including phenoxy) is 1. The molecule has 20 heavy (non-hydrogen) atoms. The molecule has 4 nitrogen and oxygen atoms in total. The predicted octanol–water partition coefficient (Wildman–Crippen LogP) is 1.31. The third-order valence-electron chi connectivity index (χ3n) is 3.10. The Bertz CT molecular complexity index is 335. The highest BCUT2D eigenvalue weighted by molar-refractivity contribution is 5.85. The fraction of sp³-hybridized carbons (Fsp3) is 0.571. The zero-order valence-electron chi connectivity index (χ0n) is 11.5. The molecule has 2 rings (SSSR count). The van der Waals surface area contributed by atoms with Crippen LogP contribution in [-0.2, 0) is 11.3 Å². The second kappa shape index (κ2) is 11.3. The Labute approximate surface area is 133 Å². The van der Waals surface area contributed by atoms with Crippen molar-refractivity contribution in [3.8, 4) is 0 Å². The van der Waals surface area contributed by atoms with E-state index < -0.39 is 6.10 Å². The molecule has 1 aliphatic rings. The van der Waals surface area contributed by atoms with Gasteiger partial charge in [0.25, 0.3) is 0 Å². The molecule has 1 saturated heterocycles. The van der Waals surface area contributed by atoms with Crippen LogP contribution in [0.1, 0.15) is 5.56 Å². The minimum absolute atomic E-state index is 0. The second-order valence-corrected chi connectivity index (χ2v) is 4.71. The van der Waals surface area contributed by atoms with Crippen molar-refractivity contribution in [1.82, 2.24) is 10.2 Å². The molecule has 0 aromatic heterocycles. The van der Waals surface area contributed by atoms with Crippen LogP contribution in [0.25, 0.3) is 0 Å². The highest BCUT2D eigenvalue weighted by Gasteiger charge is 2.14. The summed E-state index contributed by atoms with van der Waals surface area (Å²) < 4.78 is 5.53. The van der Waals surface area contributed by atoms with E-state index in [1.807, 2.05) is 30.3 Å². The van der Waals surface area contributed by atoms with E-state index in [4.69, 9.17) is 4.74 Å². The highest BCUT2D eigenvalue weighted by Crippen LogP contribution is 2.02. The lowest BCUT2D eigenvalue weighted by atomic mass is 10.2. The maximum Gasteiger partial charge on any atom is 0.0900 e. The van der Waals surface area contributed by atoms with Crippen LogP contribution in [0.3, 0.4) is 0 Å². The Morgan fingerprint density at radius 2 is 1.80 bits per heavy atom. The Kier molecular flexibility index (Phi) is 11.1. The van der Waals surface area contributed by atoms with Gasteiger partial charge >= 0.3 is 0 Å². The molecule has 2 N–H and O–H groups in total. The molecule has 0 radical (unpaired) electrons. The van der Waals surface area contributed by atoms with Gasteiger partial charge in [0, 0.05) is 32.7 Å². The topological polar surface area (TPSA) is 44.7 Å². The molecule has 1 heterocycles. The van der Waals surface area contributed by atoms with Crippen LogP contribution in [-0.4, -0.2) is 55.4 Å². The van der Waals surface area contributed by atoms with Crippen LogP contribution >= 0.6 is 24.8 Å². The lowest BCUT2D eigenvalue weighted by Crippen LogP contribution is -2.47. The molecule has 0 amide bonds. The van der Waals surface area contributed by atoms with Gasteiger partial charge in [-0.15, -0.1) is 24.8 Å². The zero-order chi connectivity index (χ0) is 12.6. The summed E-state index contributed by atoms with van der Waals surface area (Å²) in [7, 11) is 0. The minimum Gasteiger partial charge on any atom is -0.389 e. The number of hydrogen-bond acceptors (Lipinski definition) is 4. The van der Waals surface area contributed by atoms with Crippen molar-refractivity contribution in [3.05, 3.63) is 35.9 Å². The number of β-amino-alcohol motifs (C(OH)–C–C–N with tert-alkyl or cyclic N) is 1. The Morgan fingerprint density at radius 3 is 2.45 bits per heavy atom. The van der Waals surface area contributed by atoms with Gasteiger partial charge < -0.3 is 15.2 Å². The molecule has 1 aliphatic heterocycles. The van der Waals surface area contributed by atoms with Crippen molar-refractivity contribution in [2.45, 2.75) is 12.7 Å². The monoisotopic (exact) mass is 322 g/mol. The second-order valence-electron chi connectivity index (χ2n) is 4.71. The number of aliphatic hydroxyl groups excluding tert-OH is 1. The predicted molar refractivity (Wildman–Crippen MR) is 85.9 cm³/mol. The molecule has 0 spiro atoms. The Balaban J connectivity index is 0.00000180. The van der Waals surface area contributed by atoms with Crippen LogP contribution in [0.5, 0.6) is 0 Å². The van der Waals surface area contributed by atoms with E-state index >= 15 is 0 Å². The summed E-state index contributed by atoms with van der Waals surface area (Å²) in [5.41, 5.74) is 1.15. The van der Waals surface area contributed by atoms with Crippen molar-refractivity contribution in [3.63, 3.8) is 0 Å². The van der Waals surface area contributed by atoms with Gasteiger partial charge in [-0.25, -0.2) is 0 Å². The third kappa shape index (κ3) is 7.43. The molecule has 1 atom stereocenters. The fourth-order valence-electron chi connectivity index (χ4n) is 2.13. The molecular formula is C14H24Cl2N2O2. The van der Waals surface area contributed by atoms with Gasteiger partial charge in [0.2, 0.25) is 0 Å². The van der Waals surface area contributed by atoms with Crippen molar-refractivity contribution >= 4 is 24.8 Å². The molecule has 0 saturated carbocycles. The van der Waals surface area contributed by atoms with Crippen LogP contribution < -0.4 is 5.32 Å². The van der Waals surface area contributed by atoms with Gasteiger partial charge in [-0.3, -0.25) is 4.90 Å². The molecular weight excluding hydrogens is 299 g/mol. The van der Waals surface area contributed by atoms with Crippen molar-refractivity contribution in [2.75, 3.05) is 39.3 Å². The number of halogens is 2. The lowest BCUT2D eigenvalue weighted by molar-refractivity contribution is 0.00823. The molecule has 116 valence electrons. The summed E-state index contributed by atoms with van der Waals surface area (Å²) in [6.45, 7) is 5.72.